The number of aryl methyl sites for hydroxylation is 3. The van der Waals surface area contributed by atoms with E-state index in [-0.39, 0.29) is 19.1 Å². The van der Waals surface area contributed by atoms with E-state index in [1.165, 1.54) is 0 Å². The zero-order chi connectivity index (χ0) is 17.7. The average Bonchev–Trinajstić information content (AvgIpc) is 2.52. The Kier molecular flexibility index (Phi) is 5.83. The van der Waals surface area contributed by atoms with E-state index in [4.69, 9.17) is 9.47 Å². The van der Waals surface area contributed by atoms with E-state index < -0.39 is 11.4 Å². The lowest BCUT2D eigenvalue weighted by Gasteiger charge is -2.33. The summed E-state index contributed by atoms with van der Waals surface area (Å²) in [5.74, 6) is -0.506. The maximum atomic E-state index is 12.1. The molecule has 1 aromatic carbocycles. The van der Waals surface area contributed by atoms with Gasteiger partial charge < -0.3 is 19.9 Å². The Morgan fingerprint density at radius 3 is 2.33 bits per heavy atom. The van der Waals surface area contributed by atoms with Crippen LogP contribution in [0.5, 0.6) is 5.75 Å². The minimum absolute atomic E-state index is 0.0970. The van der Waals surface area contributed by atoms with Crippen molar-refractivity contribution in [3.8, 4) is 5.75 Å². The third kappa shape index (κ3) is 4.26. The number of ether oxygens (including phenoxy) is 2. The summed E-state index contributed by atoms with van der Waals surface area (Å²) in [7, 11) is 0. The highest BCUT2D eigenvalue weighted by atomic mass is 16.5. The monoisotopic (exact) mass is 335 g/mol. The molecule has 2 N–H and O–H groups in total. The Morgan fingerprint density at radius 1 is 1.21 bits per heavy atom. The number of carboxylic acids is 1. The van der Waals surface area contributed by atoms with E-state index >= 15 is 0 Å². The molecule has 0 aromatic heterocycles. The summed E-state index contributed by atoms with van der Waals surface area (Å²) in [4.78, 5) is 23.6. The molecule has 6 heteroatoms. The van der Waals surface area contributed by atoms with Gasteiger partial charge in [0, 0.05) is 19.8 Å². The number of benzene rings is 1. The zero-order valence-electron chi connectivity index (χ0n) is 14.5. The van der Waals surface area contributed by atoms with Crippen molar-refractivity contribution in [2.24, 2.45) is 5.41 Å². The van der Waals surface area contributed by atoms with Crippen LogP contribution >= 0.6 is 0 Å². The summed E-state index contributed by atoms with van der Waals surface area (Å²) in [6.07, 6.45) is 0.805. The SMILES string of the molecule is Cc1cc(C)c(OCC(=O)NCC2(C(=O)O)CCOCC2)c(C)c1. The van der Waals surface area contributed by atoms with Crippen LogP contribution in [-0.4, -0.2) is 43.3 Å². The van der Waals surface area contributed by atoms with E-state index in [1.54, 1.807) is 0 Å². The molecule has 0 unspecified atom stereocenters. The van der Waals surface area contributed by atoms with Crippen molar-refractivity contribution < 1.29 is 24.2 Å². The number of nitrogens with one attached hydrogen (secondary N) is 1. The van der Waals surface area contributed by atoms with Crippen LogP contribution in [0.15, 0.2) is 12.1 Å². The predicted molar refractivity (Wildman–Crippen MR) is 89.3 cm³/mol. The Labute approximate surface area is 142 Å². The van der Waals surface area contributed by atoms with Crippen LogP contribution in [0.1, 0.15) is 29.5 Å². The van der Waals surface area contributed by atoms with Crippen LogP contribution in [0.4, 0.5) is 0 Å². The van der Waals surface area contributed by atoms with Gasteiger partial charge in [-0.15, -0.1) is 0 Å². The minimum Gasteiger partial charge on any atom is -0.483 e. The summed E-state index contributed by atoms with van der Waals surface area (Å²) in [6.45, 7) is 6.66. The first kappa shape index (κ1) is 18.3. The van der Waals surface area contributed by atoms with E-state index in [2.05, 4.69) is 5.32 Å². The highest BCUT2D eigenvalue weighted by Gasteiger charge is 2.40. The van der Waals surface area contributed by atoms with Crippen molar-refractivity contribution >= 4 is 11.9 Å². The average molecular weight is 335 g/mol. The first-order chi connectivity index (χ1) is 11.3. The standard InChI is InChI=1S/C18H25NO5/c1-12-8-13(2)16(14(3)9-12)24-10-15(20)19-11-18(17(21)22)4-6-23-7-5-18/h8-9H,4-7,10-11H2,1-3H3,(H,19,20)(H,21,22). The number of carbonyl (C=O) groups excluding carboxylic acids is 1. The van der Waals surface area contributed by atoms with Crippen LogP contribution in [0.3, 0.4) is 0 Å². The van der Waals surface area contributed by atoms with E-state index in [0.29, 0.717) is 31.8 Å². The van der Waals surface area contributed by atoms with E-state index in [9.17, 15) is 14.7 Å². The molecule has 1 aliphatic rings. The summed E-state index contributed by atoms with van der Waals surface area (Å²) < 4.78 is 10.9. The second kappa shape index (κ2) is 7.66. The van der Waals surface area contributed by atoms with Gasteiger partial charge in [-0.3, -0.25) is 9.59 Å². The van der Waals surface area contributed by atoms with Gasteiger partial charge >= 0.3 is 5.97 Å². The molecule has 0 bridgehead atoms. The molecule has 1 aromatic rings. The summed E-state index contributed by atoms with van der Waals surface area (Å²) in [6, 6.07) is 4.00. The molecule has 1 heterocycles. The molecule has 6 nitrogen and oxygen atoms in total. The van der Waals surface area contributed by atoms with Gasteiger partial charge in [-0.05, 0) is 44.7 Å². The van der Waals surface area contributed by atoms with Crippen molar-refractivity contribution in [1.82, 2.24) is 5.32 Å². The number of carboxylic acid groups (broad SMARTS) is 1. The number of aliphatic carboxylic acids is 1. The molecule has 1 saturated heterocycles. The van der Waals surface area contributed by atoms with Gasteiger partial charge in [0.1, 0.15) is 5.75 Å². The maximum absolute atomic E-state index is 12.1. The van der Waals surface area contributed by atoms with Crippen LogP contribution < -0.4 is 10.1 Å². The van der Waals surface area contributed by atoms with Crippen molar-refractivity contribution in [3.05, 3.63) is 28.8 Å². The molecule has 0 radical (unpaired) electrons. The predicted octanol–water partition coefficient (Wildman–Crippen LogP) is 1.99. The second-order valence-electron chi connectivity index (χ2n) is 6.49. The Hall–Kier alpha value is -2.08. The van der Waals surface area contributed by atoms with Gasteiger partial charge in [0.2, 0.25) is 0 Å². The maximum Gasteiger partial charge on any atom is 0.311 e. The highest BCUT2D eigenvalue weighted by Crippen LogP contribution is 2.30. The molecular weight excluding hydrogens is 310 g/mol. The summed E-state index contributed by atoms with van der Waals surface area (Å²) >= 11 is 0. The Morgan fingerprint density at radius 2 is 1.79 bits per heavy atom. The number of carbonyl (C=O) groups is 2. The fourth-order valence-electron chi connectivity index (χ4n) is 3.08. The minimum atomic E-state index is -0.941. The number of amides is 1. The quantitative estimate of drug-likeness (QED) is 0.830. The first-order valence-electron chi connectivity index (χ1n) is 8.12. The van der Waals surface area contributed by atoms with E-state index in [1.807, 2.05) is 32.9 Å². The van der Waals surface area contributed by atoms with Crippen molar-refractivity contribution in [1.29, 1.82) is 0 Å². The number of hydrogen-bond donors (Lipinski definition) is 2. The third-order valence-electron chi connectivity index (χ3n) is 4.48. The third-order valence-corrected chi connectivity index (χ3v) is 4.48. The van der Waals surface area contributed by atoms with Gasteiger partial charge in [-0.1, -0.05) is 17.7 Å². The molecule has 2 rings (SSSR count). The zero-order valence-corrected chi connectivity index (χ0v) is 14.5. The largest absolute Gasteiger partial charge is 0.483 e. The second-order valence-corrected chi connectivity index (χ2v) is 6.49. The van der Waals surface area contributed by atoms with Crippen LogP contribution in [0.2, 0.25) is 0 Å². The molecular formula is C18H25NO5. The van der Waals surface area contributed by atoms with Crippen LogP contribution in [0.25, 0.3) is 0 Å². The fourth-order valence-corrected chi connectivity index (χ4v) is 3.08. The molecule has 0 atom stereocenters. The molecule has 0 spiro atoms. The lowest BCUT2D eigenvalue weighted by Crippen LogP contribution is -2.47. The van der Waals surface area contributed by atoms with Gasteiger partial charge in [0.05, 0.1) is 5.41 Å². The van der Waals surface area contributed by atoms with E-state index in [0.717, 1.165) is 16.7 Å². The van der Waals surface area contributed by atoms with Crippen molar-refractivity contribution in [3.63, 3.8) is 0 Å². The van der Waals surface area contributed by atoms with Crippen molar-refractivity contribution in [2.45, 2.75) is 33.6 Å². The fraction of sp³-hybridized carbons (Fsp3) is 0.556. The van der Waals surface area contributed by atoms with Gasteiger partial charge in [0.15, 0.2) is 6.61 Å². The highest BCUT2D eigenvalue weighted by molar-refractivity contribution is 5.80. The smallest absolute Gasteiger partial charge is 0.311 e. The molecule has 0 saturated carbocycles. The molecule has 0 aliphatic carbocycles. The van der Waals surface area contributed by atoms with Crippen molar-refractivity contribution in [2.75, 3.05) is 26.4 Å². The Bertz CT molecular complexity index is 597. The molecule has 24 heavy (non-hydrogen) atoms. The number of hydrogen-bond acceptors (Lipinski definition) is 4. The molecule has 1 amide bonds. The van der Waals surface area contributed by atoms with Crippen LogP contribution in [0, 0.1) is 26.2 Å². The summed E-state index contributed by atoms with van der Waals surface area (Å²) in [5.41, 5.74) is 2.16. The molecule has 1 aliphatic heterocycles. The lowest BCUT2D eigenvalue weighted by atomic mass is 9.80. The normalized spacial score (nSPS) is 16.5. The summed E-state index contributed by atoms with van der Waals surface area (Å²) in [5, 5.41) is 12.2. The van der Waals surface area contributed by atoms with Crippen LogP contribution in [-0.2, 0) is 14.3 Å². The molecule has 1 fully saturated rings. The number of rotatable bonds is 6. The first-order valence-corrected chi connectivity index (χ1v) is 8.12. The molecule has 132 valence electrons. The van der Waals surface area contributed by atoms with Gasteiger partial charge in [-0.25, -0.2) is 0 Å². The Balaban J connectivity index is 1.91. The lowest BCUT2D eigenvalue weighted by molar-refractivity contribution is -0.154. The van der Waals surface area contributed by atoms with Gasteiger partial charge in [0.25, 0.3) is 5.91 Å². The topological polar surface area (TPSA) is 84.9 Å². The van der Waals surface area contributed by atoms with Gasteiger partial charge in [-0.2, -0.15) is 0 Å².